The highest BCUT2D eigenvalue weighted by Crippen LogP contribution is 2.32. The summed E-state index contributed by atoms with van der Waals surface area (Å²) in [5.41, 5.74) is 6.22. The van der Waals surface area contributed by atoms with Crippen LogP contribution >= 0.6 is 27.5 Å². The second-order valence-electron chi connectivity index (χ2n) is 3.26. The number of hydrogen-bond acceptors (Lipinski definition) is 2. The summed E-state index contributed by atoms with van der Waals surface area (Å²) < 4.78 is 6.31. The van der Waals surface area contributed by atoms with Crippen LogP contribution < -0.4 is 5.73 Å². The Bertz CT molecular complexity index is 326. The summed E-state index contributed by atoms with van der Waals surface area (Å²) in [6, 6.07) is 5.58. The molecule has 0 radical (unpaired) electrons. The second-order valence-corrected chi connectivity index (χ2v) is 4.55. The molecule has 4 heteroatoms. The second kappa shape index (κ2) is 4.62. The molecule has 0 aliphatic heterocycles. The summed E-state index contributed by atoms with van der Waals surface area (Å²) >= 11 is 9.30. The van der Waals surface area contributed by atoms with Crippen molar-refractivity contribution in [3.63, 3.8) is 0 Å². The summed E-state index contributed by atoms with van der Waals surface area (Å²) in [7, 11) is 1.65. The van der Waals surface area contributed by atoms with Gasteiger partial charge in [0, 0.05) is 23.1 Å². The molecular formula is C10H13BrClNO. The maximum atomic E-state index is 5.85. The van der Waals surface area contributed by atoms with Gasteiger partial charge in [-0.1, -0.05) is 33.6 Å². The fraction of sp³-hybridized carbons (Fsp3) is 0.400. The third-order valence-corrected chi connectivity index (χ3v) is 3.23. The van der Waals surface area contributed by atoms with Gasteiger partial charge in [-0.25, -0.2) is 0 Å². The van der Waals surface area contributed by atoms with Gasteiger partial charge in [-0.3, -0.25) is 0 Å². The Morgan fingerprint density at radius 2 is 2.21 bits per heavy atom. The van der Waals surface area contributed by atoms with Crippen LogP contribution in [-0.4, -0.2) is 13.7 Å². The van der Waals surface area contributed by atoms with Gasteiger partial charge >= 0.3 is 0 Å². The van der Waals surface area contributed by atoms with Crippen molar-refractivity contribution < 1.29 is 4.74 Å². The molecule has 0 saturated heterocycles. The third-order valence-electron chi connectivity index (χ3n) is 2.34. The molecule has 0 saturated carbocycles. The Kier molecular flexibility index (Phi) is 3.95. The van der Waals surface area contributed by atoms with Crippen LogP contribution in [0.4, 0.5) is 0 Å². The van der Waals surface area contributed by atoms with E-state index in [-0.39, 0.29) is 0 Å². The molecule has 0 aliphatic rings. The molecule has 0 bridgehead atoms. The van der Waals surface area contributed by atoms with Gasteiger partial charge in [0.15, 0.2) is 0 Å². The van der Waals surface area contributed by atoms with E-state index in [0.29, 0.717) is 11.6 Å². The summed E-state index contributed by atoms with van der Waals surface area (Å²) in [5.74, 6) is 0. The molecule has 1 unspecified atom stereocenters. The SMILES string of the molecule is COC(C)(CN)c1ccc(Cl)cc1Br. The molecule has 2 N–H and O–H groups in total. The normalized spacial score (nSPS) is 15.2. The lowest BCUT2D eigenvalue weighted by Crippen LogP contribution is -2.34. The molecule has 1 aromatic rings. The smallest absolute Gasteiger partial charge is 0.103 e. The first-order valence-electron chi connectivity index (χ1n) is 4.24. The molecule has 1 aromatic carbocycles. The zero-order valence-electron chi connectivity index (χ0n) is 8.18. The minimum absolute atomic E-state index is 0.420. The average molecular weight is 279 g/mol. The van der Waals surface area contributed by atoms with Crippen LogP contribution in [0.1, 0.15) is 12.5 Å². The average Bonchev–Trinajstić information content (AvgIpc) is 2.17. The van der Waals surface area contributed by atoms with E-state index in [2.05, 4.69) is 15.9 Å². The van der Waals surface area contributed by atoms with E-state index in [1.165, 1.54) is 0 Å². The van der Waals surface area contributed by atoms with Gasteiger partial charge in [-0.2, -0.15) is 0 Å². The Hall–Kier alpha value is -0.0900. The number of ether oxygens (including phenoxy) is 1. The number of nitrogens with two attached hydrogens (primary N) is 1. The maximum absolute atomic E-state index is 5.85. The van der Waals surface area contributed by atoms with E-state index in [4.69, 9.17) is 22.1 Å². The molecular weight excluding hydrogens is 265 g/mol. The topological polar surface area (TPSA) is 35.2 Å². The quantitative estimate of drug-likeness (QED) is 0.923. The molecule has 0 fully saturated rings. The molecule has 14 heavy (non-hydrogen) atoms. The van der Waals surface area contributed by atoms with Gasteiger partial charge in [0.25, 0.3) is 0 Å². The summed E-state index contributed by atoms with van der Waals surface area (Å²) in [6.45, 7) is 2.37. The molecule has 0 amide bonds. The van der Waals surface area contributed by atoms with Crippen LogP contribution in [0.15, 0.2) is 22.7 Å². The van der Waals surface area contributed by atoms with E-state index in [9.17, 15) is 0 Å². The van der Waals surface area contributed by atoms with E-state index in [1.54, 1.807) is 7.11 Å². The van der Waals surface area contributed by atoms with Crippen molar-refractivity contribution in [1.82, 2.24) is 0 Å². The van der Waals surface area contributed by atoms with Crippen LogP contribution in [0.25, 0.3) is 0 Å². The molecule has 0 heterocycles. The molecule has 0 aromatic heterocycles. The monoisotopic (exact) mass is 277 g/mol. The maximum Gasteiger partial charge on any atom is 0.103 e. The van der Waals surface area contributed by atoms with E-state index in [1.807, 2.05) is 25.1 Å². The van der Waals surface area contributed by atoms with Gasteiger partial charge in [0.1, 0.15) is 5.60 Å². The van der Waals surface area contributed by atoms with Crippen molar-refractivity contribution in [2.45, 2.75) is 12.5 Å². The lowest BCUT2D eigenvalue weighted by molar-refractivity contribution is 0.00948. The molecule has 0 spiro atoms. The highest BCUT2D eigenvalue weighted by molar-refractivity contribution is 9.10. The fourth-order valence-corrected chi connectivity index (χ4v) is 2.32. The Morgan fingerprint density at radius 1 is 1.57 bits per heavy atom. The molecule has 1 rings (SSSR count). The van der Waals surface area contributed by atoms with Gasteiger partial charge in [0.05, 0.1) is 0 Å². The highest BCUT2D eigenvalue weighted by atomic mass is 79.9. The van der Waals surface area contributed by atoms with Gasteiger partial charge in [-0.15, -0.1) is 0 Å². The predicted molar refractivity (Wildman–Crippen MR) is 62.6 cm³/mol. The minimum atomic E-state index is -0.469. The van der Waals surface area contributed by atoms with Crippen LogP contribution in [-0.2, 0) is 10.3 Å². The summed E-state index contributed by atoms with van der Waals surface area (Å²) in [6.07, 6.45) is 0. The van der Waals surface area contributed by atoms with E-state index in [0.717, 1.165) is 10.0 Å². The fourth-order valence-electron chi connectivity index (χ4n) is 1.22. The van der Waals surface area contributed by atoms with Crippen molar-refractivity contribution in [1.29, 1.82) is 0 Å². The number of hydrogen-bond donors (Lipinski definition) is 1. The first kappa shape index (κ1) is 12.0. The number of methoxy groups -OCH3 is 1. The van der Waals surface area contributed by atoms with Crippen LogP contribution in [0.5, 0.6) is 0 Å². The van der Waals surface area contributed by atoms with Gasteiger partial charge in [0.2, 0.25) is 0 Å². The van der Waals surface area contributed by atoms with E-state index >= 15 is 0 Å². The lowest BCUT2D eigenvalue weighted by atomic mass is 9.96. The third kappa shape index (κ3) is 2.28. The highest BCUT2D eigenvalue weighted by Gasteiger charge is 2.26. The molecule has 1 atom stereocenters. The summed E-state index contributed by atoms with van der Waals surface area (Å²) in [5, 5.41) is 0.691. The Morgan fingerprint density at radius 3 is 2.64 bits per heavy atom. The van der Waals surface area contributed by atoms with Crippen molar-refractivity contribution in [3.05, 3.63) is 33.3 Å². The van der Waals surface area contributed by atoms with Crippen LogP contribution in [0.2, 0.25) is 5.02 Å². The predicted octanol–water partition coefficient (Wildman–Crippen LogP) is 2.92. The molecule has 2 nitrogen and oxygen atoms in total. The summed E-state index contributed by atoms with van der Waals surface area (Å²) in [4.78, 5) is 0. The van der Waals surface area contributed by atoms with Crippen molar-refractivity contribution in [2.24, 2.45) is 5.73 Å². The lowest BCUT2D eigenvalue weighted by Gasteiger charge is -2.28. The number of halogens is 2. The Balaban J connectivity index is 3.17. The standard InChI is InChI=1S/C10H13BrClNO/c1-10(6-13,14-2)8-4-3-7(12)5-9(8)11/h3-5H,6,13H2,1-2H3. The first-order valence-corrected chi connectivity index (χ1v) is 5.41. The van der Waals surface area contributed by atoms with Crippen LogP contribution in [0.3, 0.4) is 0 Å². The molecule has 78 valence electrons. The number of benzene rings is 1. The Labute approximate surface area is 97.5 Å². The van der Waals surface area contributed by atoms with Crippen molar-refractivity contribution in [2.75, 3.05) is 13.7 Å². The minimum Gasteiger partial charge on any atom is -0.372 e. The van der Waals surface area contributed by atoms with Gasteiger partial charge < -0.3 is 10.5 Å². The van der Waals surface area contributed by atoms with E-state index < -0.39 is 5.60 Å². The zero-order valence-corrected chi connectivity index (χ0v) is 10.5. The largest absolute Gasteiger partial charge is 0.372 e. The van der Waals surface area contributed by atoms with Gasteiger partial charge in [-0.05, 0) is 24.6 Å². The zero-order chi connectivity index (χ0) is 10.8. The van der Waals surface area contributed by atoms with Crippen molar-refractivity contribution >= 4 is 27.5 Å². The molecule has 0 aliphatic carbocycles. The van der Waals surface area contributed by atoms with Crippen molar-refractivity contribution in [3.8, 4) is 0 Å². The van der Waals surface area contributed by atoms with Crippen LogP contribution in [0, 0.1) is 0 Å². The first-order chi connectivity index (χ1) is 6.53. The number of rotatable bonds is 3.